The first-order chi connectivity index (χ1) is 10.1. The third kappa shape index (κ3) is 2.08. The van der Waals surface area contributed by atoms with Gasteiger partial charge in [-0.05, 0) is 5.56 Å². The smallest absolute Gasteiger partial charge is 0.294 e. The van der Waals surface area contributed by atoms with Crippen molar-refractivity contribution in [3.8, 4) is 28.6 Å². The molecule has 0 radical (unpaired) electrons. The van der Waals surface area contributed by atoms with Gasteiger partial charge in [0, 0.05) is 12.1 Å². The zero-order valence-electron chi connectivity index (χ0n) is 11.2. The van der Waals surface area contributed by atoms with E-state index in [1.165, 1.54) is 19.2 Å². The summed E-state index contributed by atoms with van der Waals surface area (Å²) in [6.07, 6.45) is 0. The van der Waals surface area contributed by atoms with E-state index in [-0.39, 0.29) is 22.3 Å². The number of hydrogen-bond acceptors (Lipinski definition) is 5. The molecule has 0 aliphatic heterocycles. The average molecular weight is 284 g/mol. The van der Waals surface area contributed by atoms with Crippen molar-refractivity contribution in [1.82, 2.24) is 0 Å². The Labute approximate surface area is 119 Å². The monoisotopic (exact) mass is 284 g/mol. The van der Waals surface area contributed by atoms with Gasteiger partial charge in [-0.15, -0.1) is 0 Å². The van der Waals surface area contributed by atoms with Gasteiger partial charge >= 0.3 is 0 Å². The van der Waals surface area contributed by atoms with Crippen molar-refractivity contribution >= 4 is 11.0 Å². The van der Waals surface area contributed by atoms with Gasteiger partial charge < -0.3 is 19.4 Å². The van der Waals surface area contributed by atoms with Crippen LogP contribution in [-0.4, -0.2) is 17.3 Å². The number of ether oxygens (including phenoxy) is 1. The second kappa shape index (κ2) is 4.86. The van der Waals surface area contributed by atoms with Gasteiger partial charge in [0.2, 0.25) is 5.43 Å². The number of hydrogen-bond donors (Lipinski definition) is 2. The van der Waals surface area contributed by atoms with Crippen LogP contribution >= 0.6 is 0 Å². The maximum atomic E-state index is 12.5. The molecule has 21 heavy (non-hydrogen) atoms. The van der Waals surface area contributed by atoms with Crippen LogP contribution in [0.15, 0.2) is 51.7 Å². The molecule has 0 aliphatic carbocycles. The van der Waals surface area contributed by atoms with Crippen molar-refractivity contribution in [1.29, 1.82) is 0 Å². The molecule has 1 heterocycles. The number of aromatic hydroxyl groups is 2. The van der Waals surface area contributed by atoms with Gasteiger partial charge in [0.1, 0.15) is 28.0 Å². The minimum absolute atomic E-state index is 0.00690. The van der Waals surface area contributed by atoms with Gasteiger partial charge in [0.05, 0.1) is 7.11 Å². The van der Waals surface area contributed by atoms with E-state index >= 15 is 0 Å². The standard InChI is InChI=1S/C16H12O5/c1-20-10-7-11(17)14-12(8-10)21-16(19)13(15(14)18)9-5-3-2-4-6-9/h2-8,17,19H,1H3. The maximum absolute atomic E-state index is 12.5. The van der Waals surface area contributed by atoms with Crippen molar-refractivity contribution < 1.29 is 19.4 Å². The minimum Gasteiger partial charge on any atom is -0.507 e. The first kappa shape index (κ1) is 13.1. The van der Waals surface area contributed by atoms with Gasteiger partial charge in [-0.3, -0.25) is 4.79 Å². The molecule has 0 saturated carbocycles. The highest BCUT2D eigenvalue weighted by Gasteiger charge is 2.18. The van der Waals surface area contributed by atoms with Crippen LogP contribution in [0.5, 0.6) is 17.4 Å². The van der Waals surface area contributed by atoms with E-state index in [1.54, 1.807) is 30.3 Å². The number of fused-ring (bicyclic) bond motifs is 1. The molecule has 0 spiro atoms. The summed E-state index contributed by atoms with van der Waals surface area (Å²) < 4.78 is 10.3. The molecular formula is C16H12O5. The summed E-state index contributed by atoms with van der Waals surface area (Å²) in [4.78, 5) is 12.5. The second-order valence-corrected chi connectivity index (χ2v) is 4.50. The summed E-state index contributed by atoms with van der Waals surface area (Å²) in [5, 5.41) is 20.0. The molecule has 5 nitrogen and oxygen atoms in total. The number of benzene rings is 2. The second-order valence-electron chi connectivity index (χ2n) is 4.50. The lowest BCUT2D eigenvalue weighted by atomic mass is 10.0. The Hall–Kier alpha value is -2.95. The fraction of sp³-hybridized carbons (Fsp3) is 0.0625. The molecule has 0 bridgehead atoms. The van der Waals surface area contributed by atoms with Crippen LogP contribution in [0, 0.1) is 0 Å². The van der Waals surface area contributed by atoms with Crippen molar-refractivity contribution in [3.05, 3.63) is 52.7 Å². The largest absolute Gasteiger partial charge is 0.507 e. The molecule has 0 atom stereocenters. The number of phenols is 1. The molecule has 0 aliphatic rings. The summed E-state index contributed by atoms with van der Waals surface area (Å²) in [5.41, 5.74) is 0.0959. The summed E-state index contributed by atoms with van der Waals surface area (Å²) in [6.45, 7) is 0. The molecule has 0 saturated heterocycles. The van der Waals surface area contributed by atoms with Gasteiger partial charge in [-0.25, -0.2) is 0 Å². The van der Waals surface area contributed by atoms with Gasteiger partial charge in [0.25, 0.3) is 5.95 Å². The Morgan fingerprint density at radius 3 is 2.48 bits per heavy atom. The van der Waals surface area contributed by atoms with E-state index < -0.39 is 11.4 Å². The van der Waals surface area contributed by atoms with Crippen molar-refractivity contribution in [2.24, 2.45) is 0 Å². The Bertz CT molecular complexity index is 865. The van der Waals surface area contributed by atoms with Crippen LogP contribution < -0.4 is 10.2 Å². The molecule has 106 valence electrons. The number of rotatable bonds is 2. The zero-order chi connectivity index (χ0) is 15.0. The fourth-order valence-corrected chi connectivity index (χ4v) is 2.24. The Morgan fingerprint density at radius 1 is 1.10 bits per heavy atom. The van der Waals surface area contributed by atoms with Crippen LogP contribution in [0.2, 0.25) is 0 Å². The van der Waals surface area contributed by atoms with Crippen molar-refractivity contribution in [2.45, 2.75) is 0 Å². The fourth-order valence-electron chi connectivity index (χ4n) is 2.24. The molecule has 5 heteroatoms. The molecule has 0 amide bonds. The van der Waals surface area contributed by atoms with E-state index in [0.29, 0.717) is 11.3 Å². The Morgan fingerprint density at radius 2 is 1.81 bits per heavy atom. The van der Waals surface area contributed by atoms with Gasteiger partial charge in [-0.2, -0.15) is 0 Å². The highest BCUT2D eigenvalue weighted by Crippen LogP contribution is 2.34. The molecule has 0 fully saturated rings. The normalized spacial score (nSPS) is 10.7. The lowest BCUT2D eigenvalue weighted by molar-refractivity contribution is 0.340. The summed E-state index contributed by atoms with van der Waals surface area (Å²) in [5.74, 6) is -0.420. The number of methoxy groups -OCH3 is 1. The maximum Gasteiger partial charge on any atom is 0.294 e. The topological polar surface area (TPSA) is 79.9 Å². The SMILES string of the molecule is COc1cc(O)c2c(=O)c(-c3ccccc3)c(O)oc2c1. The number of phenolic OH excluding ortho intramolecular Hbond substituents is 1. The molecule has 3 rings (SSSR count). The minimum atomic E-state index is -0.500. The molecule has 2 N–H and O–H groups in total. The van der Waals surface area contributed by atoms with Crippen LogP contribution in [0.1, 0.15) is 0 Å². The first-order valence-electron chi connectivity index (χ1n) is 6.24. The van der Waals surface area contributed by atoms with Crippen molar-refractivity contribution in [2.75, 3.05) is 7.11 Å². The molecule has 3 aromatic rings. The predicted molar refractivity (Wildman–Crippen MR) is 77.8 cm³/mol. The van der Waals surface area contributed by atoms with Crippen LogP contribution in [0.4, 0.5) is 0 Å². The lowest BCUT2D eigenvalue weighted by Gasteiger charge is -2.08. The Balaban J connectivity index is 2.40. The predicted octanol–water partition coefficient (Wildman–Crippen LogP) is 2.88. The van der Waals surface area contributed by atoms with Gasteiger partial charge in [0.15, 0.2) is 0 Å². The molecular weight excluding hydrogens is 272 g/mol. The third-order valence-electron chi connectivity index (χ3n) is 3.23. The lowest BCUT2D eigenvalue weighted by Crippen LogP contribution is -2.06. The van der Waals surface area contributed by atoms with Crippen molar-refractivity contribution in [3.63, 3.8) is 0 Å². The first-order valence-corrected chi connectivity index (χ1v) is 6.24. The quantitative estimate of drug-likeness (QED) is 0.756. The summed E-state index contributed by atoms with van der Waals surface area (Å²) >= 11 is 0. The zero-order valence-corrected chi connectivity index (χ0v) is 11.2. The summed E-state index contributed by atoms with van der Waals surface area (Å²) in [6, 6.07) is 11.4. The van der Waals surface area contributed by atoms with E-state index in [9.17, 15) is 15.0 Å². The molecule has 2 aromatic carbocycles. The van der Waals surface area contributed by atoms with E-state index in [4.69, 9.17) is 9.15 Å². The highest BCUT2D eigenvalue weighted by molar-refractivity contribution is 5.89. The van der Waals surface area contributed by atoms with Crippen LogP contribution in [0.25, 0.3) is 22.1 Å². The summed E-state index contributed by atoms with van der Waals surface area (Å²) in [7, 11) is 1.43. The average Bonchev–Trinajstić information content (AvgIpc) is 2.47. The van der Waals surface area contributed by atoms with Crippen LogP contribution in [0.3, 0.4) is 0 Å². The molecule has 1 aromatic heterocycles. The van der Waals surface area contributed by atoms with E-state index in [0.717, 1.165) is 0 Å². The highest BCUT2D eigenvalue weighted by atomic mass is 16.5. The van der Waals surface area contributed by atoms with Gasteiger partial charge in [-0.1, -0.05) is 30.3 Å². The van der Waals surface area contributed by atoms with E-state index in [2.05, 4.69) is 0 Å². The van der Waals surface area contributed by atoms with E-state index in [1.807, 2.05) is 0 Å². The van der Waals surface area contributed by atoms with Crippen LogP contribution in [-0.2, 0) is 0 Å². The molecule has 0 unspecified atom stereocenters. The Kier molecular flexibility index (Phi) is 3.02. The third-order valence-corrected chi connectivity index (χ3v) is 3.23.